The third-order valence-electron chi connectivity index (χ3n) is 5.36. The van der Waals surface area contributed by atoms with Crippen molar-refractivity contribution >= 4 is 34.7 Å². The van der Waals surface area contributed by atoms with Gasteiger partial charge in [-0.15, -0.1) is 11.3 Å². The van der Waals surface area contributed by atoms with Crippen LogP contribution >= 0.6 is 11.3 Å². The monoisotopic (exact) mass is 452 g/mol. The molecule has 3 aromatic heterocycles. The lowest BCUT2D eigenvalue weighted by Crippen LogP contribution is -2.49. The Labute approximate surface area is 189 Å². The average molecular weight is 453 g/mol. The number of hydrogen-bond acceptors (Lipinski definition) is 6. The van der Waals surface area contributed by atoms with Gasteiger partial charge in [0.05, 0.1) is 29.6 Å². The maximum absolute atomic E-state index is 13.4. The summed E-state index contributed by atoms with van der Waals surface area (Å²) in [4.78, 5) is 45.0. The van der Waals surface area contributed by atoms with Crippen molar-refractivity contribution in [2.75, 3.05) is 11.4 Å². The van der Waals surface area contributed by atoms with Crippen LogP contribution in [0.3, 0.4) is 0 Å². The van der Waals surface area contributed by atoms with E-state index in [4.69, 9.17) is 4.42 Å². The second-order valence-corrected chi connectivity index (χ2v) is 8.49. The van der Waals surface area contributed by atoms with Gasteiger partial charge in [0, 0.05) is 12.2 Å². The van der Waals surface area contributed by atoms with E-state index < -0.39 is 11.9 Å². The smallest absolute Gasteiger partial charge is 0.261 e. The topological polar surface area (TPSA) is 105 Å². The fourth-order valence-corrected chi connectivity index (χ4v) is 4.48. The molecule has 1 aliphatic carbocycles. The van der Waals surface area contributed by atoms with Crippen LogP contribution in [-0.2, 0) is 9.59 Å². The van der Waals surface area contributed by atoms with Gasteiger partial charge in [-0.1, -0.05) is 18.9 Å². The normalized spacial score (nSPS) is 14.6. The van der Waals surface area contributed by atoms with Crippen molar-refractivity contribution in [3.05, 3.63) is 71.1 Å². The van der Waals surface area contributed by atoms with E-state index in [9.17, 15) is 14.4 Å². The van der Waals surface area contributed by atoms with Crippen LogP contribution in [0.25, 0.3) is 0 Å². The zero-order chi connectivity index (χ0) is 22.3. The molecule has 3 heterocycles. The Balaban J connectivity index is 1.61. The molecule has 3 amide bonds. The maximum Gasteiger partial charge on any atom is 0.261 e. The van der Waals surface area contributed by atoms with Gasteiger partial charge in [-0.3, -0.25) is 24.3 Å². The molecule has 3 aromatic rings. The zero-order valence-corrected chi connectivity index (χ0v) is 18.2. The number of hydrogen-bond donors (Lipinski definition) is 2. The Bertz CT molecular complexity index is 1030. The number of nitrogens with zero attached hydrogens (tertiary/aromatic N) is 2. The van der Waals surface area contributed by atoms with Gasteiger partial charge in [0.25, 0.3) is 11.8 Å². The van der Waals surface area contributed by atoms with E-state index >= 15 is 0 Å². The summed E-state index contributed by atoms with van der Waals surface area (Å²) in [6.45, 7) is -0.278. The standard InChI is InChI=1S/C23H24N4O4S/c28-20(15-25-22(29)19-10-5-13-32-19)27(17-8-3-11-24-14-17)21(18-9-4-12-31-18)23(30)26-16-6-1-2-7-16/h3-5,8-14,16,21H,1-2,6-7,15H2,(H,25,29)(H,26,30)/t21-/m1/s1. The summed E-state index contributed by atoms with van der Waals surface area (Å²) < 4.78 is 5.56. The van der Waals surface area contributed by atoms with Gasteiger partial charge < -0.3 is 15.1 Å². The molecule has 1 aliphatic rings. The molecule has 0 spiro atoms. The number of aromatic nitrogens is 1. The van der Waals surface area contributed by atoms with Crippen LogP contribution in [0, 0.1) is 0 Å². The first-order valence-electron chi connectivity index (χ1n) is 10.5. The van der Waals surface area contributed by atoms with E-state index in [1.165, 1.54) is 28.7 Å². The van der Waals surface area contributed by atoms with Crippen LogP contribution in [0.1, 0.15) is 47.2 Å². The largest absolute Gasteiger partial charge is 0.467 e. The highest BCUT2D eigenvalue weighted by Gasteiger charge is 2.36. The highest BCUT2D eigenvalue weighted by molar-refractivity contribution is 7.12. The quantitative estimate of drug-likeness (QED) is 0.546. The van der Waals surface area contributed by atoms with Gasteiger partial charge in [0.1, 0.15) is 5.76 Å². The van der Waals surface area contributed by atoms with Crippen LogP contribution in [0.5, 0.6) is 0 Å². The molecule has 2 N–H and O–H groups in total. The number of rotatable bonds is 8. The van der Waals surface area contributed by atoms with Gasteiger partial charge in [-0.05, 0) is 48.6 Å². The molecule has 166 valence electrons. The van der Waals surface area contributed by atoms with Crippen molar-refractivity contribution in [2.24, 2.45) is 0 Å². The first kappa shape index (κ1) is 21.8. The van der Waals surface area contributed by atoms with Crippen LogP contribution in [0.2, 0.25) is 0 Å². The van der Waals surface area contributed by atoms with Crippen molar-refractivity contribution in [3.63, 3.8) is 0 Å². The summed E-state index contributed by atoms with van der Waals surface area (Å²) in [7, 11) is 0. The van der Waals surface area contributed by atoms with Crippen molar-refractivity contribution in [1.82, 2.24) is 15.6 Å². The van der Waals surface area contributed by atoms with Crippen LogP contribution in [0.4, 0.5) is 5.69 Å². The molecule has 0 aliphatic heterocycles. The Morgan fingerprint density at radius 2 is 2.00 bits per heavy atom. The third-order valence-corrected chi connectivity index (χ3v) is 6.23. The predicted molar refractivity (Wildman–Crippen MR) is 120 cm³/mol. The summed E-state index contributed by atoms with van der Waals surface area (Å²) in [5, 5.41) is 7.50. The first-order valence-corrected chi connectivity index (χ1v) is 11.4. The fourth-order valence-electron chi connectivity index (χ4n) is 3.84. The summed E-state index contributed by atoms with van der Waals surface area (Å²) in [5.74, 6) is -0.786. The van der Waals surface area contributed by atoms with E-state index in [0.29, 0.717) is 16.3 Å². The highest BCUT2D eigenvalue weighted by atomic mass is 32.1. The van der Waals surface area contributed by atoms with E-state index in [2.05, 4.69) is 15.6 Å². The number of carbonyl (C=O) groups is 3. The minimum absolute atomic E-state index is 0.0735. The number of pyridine rings is 1. The lowest BCUT2D eigenvalue weighted by Gasteiger charge is -2.30. The highest BCUT2D eigenvalue weighted by Crippen LogP contribution is 2.29. The van der Waals surface area contributed by atoms with Crippen LogP contribution in [0.15, 0.2) is 64.9 Å². The van der Waals surface area contributed by atoms with E-state index in [1.807, 2.05) is 0 Å². The number of amides is 3. The number of carbonyl (C=O) groups excluding carboxylic acids is 3. The van der Waals surface area contributed by atoms with Crippen LogP contribution in [-0.4, -0.2) is 35.3 Å². The fraction of sp³-hybridized carbons (Fsp3) is 0.304. The lowest BCUT2D eigenvalue weighted by molar-refractivity contribution is -0.127. The number of anilines is 1. The summed E-state index contributed by atoms with van der Waals surface area (Å²) in [5.41, 5.74) is 0.436. The van der Waals surface area contributed by atoms with Crippen molar-refractivity contribution in [3.8, 4) is 0 Å². The van der Waals surface area contributed by atoms with Gasteiger partial charge >= 0.3 is 0 Å². The molecule has 4 rings (SSSR count). The third kappa shape index (κ3) is 5.05. The Kier molecular flexibility index (Phi) is 6.96. The number of thiophene rings is 1. The second kappa shape index (κ2) is 10.2. The lowest BCUT2D eigenvalue weighted by atomic mass is 10.1. The van der Waals surface area contributed by atoms with Crippen molar-refractivity contribution < 1.29 is 18.8 Å². The average Bonchev–Trinajstić information content (AvgIpc) is 3.59. The van der Waals surface area contributed by atoms with E-state index in [0.717, 1.165) is 25.7 Å². The van der Waals surface area contributed by atoms with Gasteiger partial charge in [0.2, 0.25) is 5.91 Å². The Morgan fingerprint density at radius 1 is 1.16 bits per heavy atom. The van der Waals surface area contributed by atoms with Gasteiger partial charge in [-0.25, -0.2) is 0 Å². The molecule has 32 heavy (non-hydrogen) atoms. The number of nitrogens with one attached hydrogen (secondary N) is 2. The minimum Gasteiger partial charge on any atom is -0.467 e. The van der Waals surface area contributed by atoms with E-state index in [1.54, 1.807) is 48.0 Å². The Hall–Kier alpha value is -3.46. The first-order chi connectivity index (χ1) is 15.6. The molecular formula is C23H24N4O4S. The predicted octanol–water partition coefficient (Wildman–Crippen LogP) is 3.30. The molecule has 0 radical (unpaired) electrons. The van der Waals surface area contributed by atoms with E-state index in [-0.39, 0.29) is 24.4 Å². The second-order valence-electron chi connectivity index (χ2n) is 7.54. The maximum atomic E-state index is 13.4. The summed E-state index contributed by atoms with van der Waals surface area (Å²) in [6.07, 6.45) is 8.52. The summed E-state index contributed by atoms with van der Waals surface area (Å²) >= 11 is 1.29. The molecule has 1 fully saturated rings. The molecule has 0 bridgehead atoms. The molecule has 9 heteroatoms. The van der Waals surface area contributed by atoms with Gasteiger partial charge in [-0.2, -0.15) is 0 Å². The SMILES string of the molecule is O=C(NCC(=O)N(c1cccnc1)[C@@H](C(=O)NC1CCCC1)c1ccco1)c1cccs1. The molecule has 0 saturated heterocycles. The molecule has 0 aromatic carbocycles. The Morgan fingerprint density at radius 3 is 2.66 bits per heavy atom. The van der Waals surface area contributed by atoms with Crippen LogP contribution < -0.4 is 15.5 Å². The molecule has 1 atom stereocenters. The van der Waals surface area contributed by atoms with Crippen molar-refractivity contribution in [2.45, 2.75) is 37.8 Å². The molecular weight excluding hydrogens is 428 g/mol. The minimum atomic E-state index is -1.03. The molecule has 0 unspecified atom stereocenters. The van der Waals surface area contributed by atoms with Gasteiger partial charge in [0.15, 0.2) is 6.04 Å². The zero-order valence-electron chi connectivity index (χ0n) is 17.4. The van der Waals surface area contributed by atoms with Crippen molar-refractivity contribution in [1.29, 1.82) is 0 Å². The molecule has 1 saturated carbocycles. The summed E-state index contributed by atoms with van der Waals surface area (Å²) in [6, 6.07) is 9.23. The number of furan rings is 1. The molecule has 8 nitrogen and oxygen atoms in total.